The van der Waals surface area contributed by atoms with Crippen LogP contribution >= 0.6 is 0 Å². The monoisotopic (exact) mass is 316 g/mol. The molecule has 1 fully saturated rings. The molecule has 6 nitrogen and oxygen atoms in total. The summed E-state index contributed by atoms with van der Waals surface area (Å²) in [6.45, 7) is 9.13. The van der Waals surface area contributed by atoms with Crippen LogP contribution in [-0.2, 0) is 16.6 Å². The molecule has 1 aliphatic rings. The summed E-state index contributed by atoms with van der Waals surface area (Å²) in [6, 6.07) is 1.42. The zero-order valence-corrected chi connectivity index (χ0v) is 13.7. The van der Waals surface area contributed by atoms with Crippen molar-refractivity contribution in [1.82, 2.24) is 9.21 Å². The molecule has 0 radical (unpaired) electrons. The molecule has 0 aromatic carbocycles. The Morgan fingerprint density at radius 1 is 1.29 bits per heavy atom. The molecule has 7 heteroatoms. The summed E-state index contributed by atoms with van der Waals surface area (Å²) >= 11 is 0. The van der Waals surface area contributed by atoms with Crippen molar-refractivity contribution in [3.05, 3.63) is 17.6 Å². The van der Waals surface area contributed by atoms with E-state index in [0.29, 0.717) is 24.8 Å². The lowest BCUT2D eigenvalue weighted by molar-refractivity contribution is 0.172. The van der Waals surface area contributed by atoms with E-state index in [0.717, 1.165) is 19.6 Å². The molecule has 1 aliphatic heterocycles. The lowest BCUT2D eigenvalue weighted by atomic mass is 10.2. The van der Waals surface area contributed by atoms with Gasteiger partial charge in [0.25, 0.3) is 0 Å². The zero-order chi connectivity index (χ0) is 15.6. The third-order valence-corrected chi connectivity index (χ3v) is 5.66. The van der Waals surface area contributed by atoms with Crippen molar-refractivity contribution < 1.29 is 17.9 Å². The van der Waals surface area contributed by atoms with Crippen molar-refractivity contribution in [3.8, 4) is 0 Å². The summed E-state index contributed by atoms with van der Waals surface area (Å²) in [4.78, 5) is 2.46. The predicted octanol–water partition coefficient (Wildman–Crippen LogP) is 1.04. The molecule has 0 atom stereocenters. The Bertz CT molecular complexity index is 572. The molecule has 1 aromatic rings. The van der Waals surface area contributed by atoms with Crippen molar-refractivity contribution in [2.75, 3.05) is 32.7 Å². The first-order valence-corrected chi connectivity index (χ1v) is 8.71. The van der Waals surface area contributed by atoms with Gasteiger partial charge in [-0.25, -0.2) is 8.42 Å². The van der Waals surface area contributed by atoms with Gasteiger partial charge in [-0.2, -0.15) is 4.31 Å². The maximum Gasteiger partial charge on any atom is 0.246 e. The smallest absolute Gasteiger partial charge is 0.246 e. The van der Waals surface area contributed by atoms with Gasteiger partial charge in [-0.1, -0.05) is 13.8 Å². The standard InChI is InChI=1S/C14H24N2O4S/c1-11(2)9-15-4-6-16(7-5-15)21(18,19)14-8-13(10-17)20-12(14)3/h8,11,17H,4-7,9-10H2,1-3H3. The molecule has 21 heavy (non-hydrogen) atoms. The van der Waals surface area contributed by atoms with Gasteiger partial charge in [0, 0.05) is 38.8 Å². The van der Waals surface area contributed by atoms with Gasteiger partial charge >= 0.3 is 0 Å². The number of nitrogens with zero attached hydrogens (tertiary/aromatic N) is 2. The Hall–Kier alpha value is -0.890. The first-order chi connectivity index (χ1) is 9.84. The van der Waals surface area contributed by atoms with Crippen molar-refractivity contribution in [2.24, 2.45) is 5.92 Å². The molecule has 0 unspecified atom stereocenters. The number of piperazine rings is 1. The number of aliphatic hydroxyl groups excluding tert-OH is 1. The maximum absolute atomic E-state index is 12.6. The lowest BCUT2D eigenvalue weighted by Crippen LogP contribution is -2.49. The second-order valence-electron chi connectivity index (χ2n) is 5.89. The fraction of sp³-hybridized carbons (Fsp3) is 0.714. The van der Waals surface area contributed by atoms with Crippen LogP contribution in [0.4, 0.5) is 0 Å². The number of sulfonamides is 1. The number of furan rings is 1. The van der Waals surface area contributed by atoms with E-state index in [4.69, 9.17) is 9.52 Å². The quantitative estimate of drug-likeness (QED) is 0.879. The second-order valence-corrected chi connectivity index (χ2v) is 7.80. The van der Waals surface area contributed by atoms with Crippen LogP contribution in [0.3, 0.4) is 0 Å². The molecule has 0 aliphatic carbocycles. The first kappa shape index (κ1) is 16.5. The molecule has 1 saturated heterocycles. The van der Waals surface area contributed by atoms with E-state index in [9.17, 15) is 8.42 Å². The highest BCUT2D eigenvalue weighted by Gasteiger charge is 2.31. The first-order valence-electron chi connectivity index (χ1n) is 7.27. The van der Waals surface area contributed by atoms with Gasteiger partial charge < -0.3 is 14.4 Å². The van der Waals surface area contributed by atoms with Crippen molar-refractivity contribution in [2.45, 2.75) is 32.3 Å². The molecular weight excluding hydrogens is 292 g/mol. The Morgan fingerprint density at radius 3 is 2.38 bits per heavy atom. The number of hydrogen-bond donors (Lipinski definition) is 1. The van der Waals surface area contributed by atoms with E-state index in [1.54, 1.807) is 6.92 Å². The van der Waals surface area contributed by atoms with Crippen LogP contribution < -0.4 is 0 Å². The molecular formula is C14H24N2O4S. The van der Waals surface area contributed by atoms with Crippen LogP contribution in [0.1, 0.15) is 25.4 Å². The van der Waals surface area contributed by atoms with Gasteiger partial charge in [0.05, 0.1) is 0 Å². The topological polar surface area (TPSA) is 74.0 Å². The van der Waals surface area contributed by atoms with E-state index < -0.39 is 10.0 Å². The van der Waals surface area contributed by atoms with Crippen LogP contribution in [0.2, 0.25) is 0 Å². The van der Waals surface area contributed by atoms with Crippen LogP contribution in [-0.4, -0.2) is 55.5 Å². The van der Waals surface area contributed by atoms with Crippen LogP contribution in [0.25, 0.3) is 0 Å². The summed E-state index contributed by atoms with van der Waals surface area (Å²) in [5.41, 5.74) is 0. The third kappa shape index (κ3) is 3.66. The molecule has 0 amide bonds. The molecule has 0 saturated carbocycles. The summed E-state index contributed by atoms with van der Waals surface area (Å²) in [6.07, 6.45) is 0. The molecule has 0 spiro atoms. The number of aliphatic hydroxyl groups is 1. The minimum atomic E-state index is -3.53. The predicted molar refractivity (Wildman–Crippen MR) is 79.4 cm³/mol. The Kier molecular flexibility index (Phi) is 5.08. The van der Waals surface area contributed by atoms with E-state index in [-0.39, 0.29) is 17.3 Å². The van der Waals surface area contributed by atoms with Crippen LogP contribution in [0.5, 0.6) is 0 Å². The summed E-state index contributed by atoms with van der Waals surface area (Å²) in [5, 5.41) is 9.06. The van der Waals surface area contributed by atoms with E-state index in [1.807, 2.05) is 0 Å². The molecule has 2 rings (SSSR count). The molecule has 1 aromatic heterocycles. The van der Waals surface area contributed by atoms with E-state index >= 15 is 0 Å². The average molecular weight is 316 g/mol. The minimum absolute atomic E-state index is 0.170. The number of hydrogen-bond acceptors (Lipinski definition) is 5. The van der Waals surface area contributed by atoms with Crippen molar-refractivity contribution >= 4 is 10.0 Å². The van der Waals surface area contributed by atoms with Crippen LogP contribution in [0, 0.1) is 12.8 Å². The van der Waals surface area contributed by atoms with Gasteiger partial charge in [0.1, 0.15) is 23.0 Å². The van der Waals surface area contributed by atoms with Gasteiger partial charge in [0.15, 0.2) is 0 Å². The highest BCUT2D eigenvalue weighted by Crippen LogP contribution is 2.24. The average Bonchev–Trinajstić information content (AvgIpc) is 2.81. The highest BCUT2D eigenvalue weighted by molar-refractivity contribution is 7.89. The minimum Gasteiger partial charge on any atom is -0.462 e. The Balaban J connectivity index is 2.09. The van der Waals surface area contributed by atoms with Gasteiger partial charge in [-0.3, -0.25) is 0 Å². The summed E-state index contributed by atoms with van der Waals surface area (Å²) < 4.78 is 32.0. The van der Waals surface area contributed by atoms with E-state index in [1.165, 1.54) is 10.4 Å². The zero-order valence-electron chi connectivity index (χ0n) is 12.9. The second kappa shape index (κ2) is 6.48. The highest BCUT2D eigenvalue weighted by atomic mass is 32.2. The number of rotatable bonds is 5. The van der Waals surface area contributed by atoms with Gasteiger partial charge in [-0.15, -0.1) is 0 Å². The largest absolute Gasteiger partial charge is 0.462 e. The molecule has 120 valence electrons. The lowest BCUT2D eigenvalue weighted by Gasteiger charge is -2.34. The fourth-order valence-corrected chi connectivity index (χ4v) is 4.27. The molecule has 2 heterocycles. The van der Waals surface area contributed by atoms with Crippen LogP contribution in [0.15, 0.2) is 15.4 Å². The fourth-order valence-electron chi connectivity index (χ4n) is 2.67. The Morgan fingerprint density at radius 2 is 1.90 bits per heavy atom. The molecule has 0 bridgehead atoms. The Labute approximate surface area is 126 Å². The summed E-state index contributed by atoms with van der Waals surface area (Å²) in [7, 11) is -3.53. The van der Waals surface area contributed by atoms with Crippen molar-refractivity contribution in [3.63, 3.8) is 0 Å². The van der Waals surface area contributed by atoms with Gasteiger partial charge in [-0.05, 0) is 12.8 Å². The summed E-state index contributed by atoms with van der Waals surface area (Å²) in [5.74, 6) is 1.20. The van der Waals surface area contributed by atoms with Gasteiger partial charge in [0.2, 0.25) is 10.0 Å². The SMILES string of the molecule is Cc1oc(CO)cc1S(=O)(=O)N1CCN(CC(C)C)CC1. The normalized spacial score (nSPS) is 18.5. The van der Waals surface area contributed by atoms with Crippen molar-refractivity contribution in [1.29, 1.82) is 0 Å². The van der Waals surface area contributed by atoms with E-state index in [2.05, 4.69) is 18.7 Å². The molecule has 1 N–H and O–H groups in total. The third-order valence-electron chi connectivity index (χ3n) is 3.65. The maximum atomic E-state index is 12.6. The number of aryl methyl sites for hydroxylation is 1.